The van der Waals surface area contributed by atoms with Gasteiger partial charge in [-0.25, -0.2) is 9.97 Å². The highest BCUT2D eigenvalue weighted by Gasteiger charge is 2.16. The van der Waals surface area contributed by atoms with Crippen LogP contribution in [0.1, 0.15) is 38.0 Å². The standard InChI is InChI=1S/C15H22N4O/c1-10(2)13-14(16-4)17-9-18-15(13)19-11(3)8-12-6-5-7-20-12/h5-7,9-11H,8H2,1-4H3,(H2,16,17,18,19). The molecule has 20 heavy (non-hydrogen) atoms. The van der Waals surface area contributed by atoms with Crippen LogP contribution in [-0.2, 0) is 6.42 Å². The third-order valence-electron chi connectivity index (χ3n) is 3.17. The van der Waals surface area contributed by atoms with Gasteiger partial charge in [0.25, 0.3) is 0 Å². The number of anilines is 2. The van der Waals surface area contributed by atoms with Gasteiger partial charge in [0.05, 0.1) is 6.26 Å². The second-order valence-corrected chi connectivity index (χ2v) is 5.22. The molecule has 0 aliphatic heterocycles. The molecular formula is C15H22N4O. The lowest BCUT2D eigenvalue weighted by Crippen LogP contribution is -2.20. The minimum atomic E-state index is 0.234. The fourth-order valence-electron chi connectivity index (χ4n) is 2.27. The number of aromatic nitrogens is 2. The first-order valence-electron chi connectivity index (χ1n) is 6.93. The van der Waals surface area contributed by atoms with Crippen LogP contribution < -0.4 is 10.6 Å². The van der Waals surface area contributed by atoms with Gasteiger partial charge in [-0.2, -0.15) is 0 Å². The molecule has 0 spiro atoms. The molecule has 5 nitrogen and oxygen atoms in total. The van der Waals surface area contributed by atoms with E-state index in [1.165, 1.54) is 0 Å². The van der Waals surface area contributed by atoms with E-state index < -0.39 is 0 Å². The van der Waals surface area contributed by atoms with E-state index in [0.717, 1.165) is 29.4 Å². The summed E-state index contributed by atoms with van der Waals surface area (Å²) in [5.41, 5.74) is 1.11. The van der Waals surface area contributed by atoms with E-state index >= 15 is 0 Å². The van der Waals surface area contributed by atoms with E-state index in [-0.39, 0.29) is 6.04 Å². The van der Waals surface area contributed by atoms with Gasteiger partial charge in [-0.1, -0.05) is 13.8 Å². The highest BCUT2D eigenvalue weighted by molar-refractivity contribution is 5.59. The molecular weight excluding hydrogens is 252 g/mol. The Hall–Kier alpha value is -2.04. The smallest absolute Gasteiger partial charge is 0.135 e. The van der Waals surface area contributed by atoms with Crippen molar-refractivity contribution >= 4 is 11.6 Å². The maximum absolute atomic E-state index is 5.38. The molecule has 2 rings (SSSR count). The average molecular weight is 274 g/mol. The van der Waals surface area contributed by atoms with Crippen LogP contribution in [0.15, 0.2) is 29.1 Å². The van der Waals surface area contributed by atoms with Crippen LogP contribution in [0, 0.1) is 0 Å². The van der Waals surface area contributed by atoms with Crippen LogP contribution in [0.4, 0.5) is 11.6 Å². The lowest BCUT2D eigenvalue weighted by Gasteiger charge is -2.19. The topological polar surface area (TPSA) is 63.0 Å². The van der Waals surface area contributed by atoms with Crippen LogP contribution >= 0.6 is 0 Å². The van der Waals surface area contributed by atoms with Crippen molar-refractivity contribution in [3.63, 3.8) is 0 Å². The van der Waals surface area contributed by atoms with Crippen molar-refractivity contribution in [2.24, 2.45) is 0 Å². The minimum absolute atomic E-state index is 0.234. The predicted octanol–water partition coefficient (Wildman–Crippen LogP) is 3.28. The highest BCUT2D eigenvalue weighted by Crippen LogP contribution is 2.28. The fourth-order valence-corrected chi connectivity index (χ4v) is 2.27. The molecule has 5 heteroatoms. The van der Waals surface area contributed by atoms with Gasteiger partial charge in [-0.3, -0.25) is 0 Å². The lowest BCUT2D eigenvalue weighted by molar-refractivity contribution is 0.497. The van der Waals surface area contributed by atoms with Gasteiger partial charge < -0.3 is 15.1 Å². The van der Waals surface area contributed by atoms with Gasteiger partial charge in [0.1, 0.15) is 23.7 Å². The van der Waals surface area contributed by atoms with E-state index in [9.17, 15) is 0 Å². The Morgan fingerprint density at radius 2 is 1.95 bits per heavy atom. The Bertz CT molecular complexity index is 537. The molecule has 0 bridgehead atoms. The van der Waals surface area contributed by atoms with Crippen molar-refractivity contribution in [1.82, 2.24) is 9.97 Å². The SMILES string of the molecule is CNc1ncnc(NC(C)Cc2ccco2)c1C(C)C. The summed E-state index contributed by atoms with van der Waals surface area (Å²) < 4.78 is 5.38. The zero-order chi connectivity index (χ0) is 14.5. The summed E-state index contributed by atoms with van der Waals surface area (Å²) in [6, 6.07) is 4.13. The van der Waals surface area contributed by atoms with E-state index in [1.807, 2.05) is 19.2 Å². The summed E-state index contributed by atoms with van der Waals surface area (Å²) >= 11 is 0. The number of hydrogen-bond donors (Lipinski definition) is 2. The molecule has 0 fully saturated rings. The van der Waals surface area contributed by atoms with Crippen LogP contribution in [-0.4, -0.2) is 23.1 Å². The van der Waals surface area contributed by atoms with E-state index in [4.69, 9.17) is 4.42 Å². The fraction of sp³-hybridized carbons (Fsp3) is 0.467. The summed E-state index contributed by atoms with van der Waals surface area (Å²) in [6.45, 7) is 6.40. The third-order valence-corrected chi connectivity index (χ3v) is 3.17. The highest BCUT2D eigenvalue weighted by atomic mass is 16.3. The zero-order valence-corrected chi connectivity index (χ0v) is 12.5. The second kappa shape index (κ2) is 6.41. The Balaban J connectivity index is 2.16. The van der Waals surface area contributed by atoms with Crippen molar-refractivity contribution in [2.75, 3.05) is 17.7 Å². The molecule has 0 aliphatic rings. The Labute approximate surface area is 119 Å². The average Bonchev–Trinajstić information content (AvgIpc) is 2.90. The molecule has 2 aromatic rings. The summed E-state index contributed by atoms with van der Waals surface area (Å²) in [6.07, 6.45) is 4.11. The number of hydrogen-bond acceptors (Lipinski definition) is 5. The second-order valence-electron chi connectivity index (χ2n) is 5.22. The third kappa shape index (κ3) is 3.29. The van der Waals surface area contributed by atoms with Crippen LogP contribution in [0.3, 0.4) is 0 Å². The molecule has 0 aliphatic carbocycles. The number of rotatable bonds is 6. The van der Waals surface area contributed by atoms with E-state index in [2.05, 4.69) is 41.4 Å². The lowest BCUT2D eigenvalue weighted by atomic mass is 10.0. The first-order chi connectivity index (χ1) is 9.61. The van der Waals surface area contributed by atoms with Gasteiger partial charge in [0, 0.05) is 25.1 Å². The molecule has 1 atom stereocenters. The minimum Gasteiger partial charge on any atom is -0.469 e. The number of furan rings is 1. The van der Waals surface area contributed by atoms with Crippen molar-refractivity contribution in [2.45, 2.75) is 39.2 Å². The molecule has 0 aromatic carbocycles. The summed E-state index contributed by atoms with van der Waals surface area (Å²) in [7, 11) is 1.88. The largest absolute Gasteiger partial charge is 0.469 e. The molecule has 0 saturated heterocycles. The summed E-state index contributed by atoms with van der Waals surface area (Å²) in [5.74, 6) is 3.08. The molecule has 0 amide bonds. The maximum Gasteiger partial charge on any atom is 0.135 e. The van der Waals surface area contributed by atoms with Crippen molar-refractivity contribution in [3.8, 4) is 0 Å². The van der Waals surface area contributed by atoms with Crippen molar-refractivity contribution in [1.29, 1.82) is 0 Å². The molecule has 1 unspecified atom stereocenters. The van der Waals surface area contributed by atoms with Gasteiger partial charge >= 0.3 is 0 Å². The monoisotopic (exact) mass is 274 g/mol. The molecule has 2 aromatic heterocycles. The van der Waals surface area contributed by atoms with Gasteiger partial charge in [0.15, 0.2) is 0 Å². The van der Waals surface area contributed by atoms with Crippen LogP contribution in [0.25, 0.3) is 0 Å². The molecule has 0 radical (unpaired) electrons. The summed E-state index contributed by atoms with van der Waals surface area (Å²) in [4.78, 5) is 8.67. The molecule has 108 valence electrons. The van der Waals surface area contributed by atoms with Gasteiger partial charge in [-0.15, -0.1) is 0 Å². The van der Waals surface area contributed by atoms with E-state index in [1.54, 1.807) is 12.6 Å². The normalized spacial score (nSPS) is 12.4. The molecule has 2 heterocycles. The summed E-state index contributed by atoms with van der Waals surface area (Å²) in [5, 5.41) is 6.58. The quantitative estimate of drug-likeness (QED) is 0.846. The van der Waals surface area contributed by atoms with Crippen LogP contribution in [0.5, 0.6) is 0 Å². The molecule has 2 N–H and O–H groups in total. The number of nitrogens with zero attached hydrogens (tertiary/aromatic N) is 2. The Morgan fingerprint density at radius 3 is 2.55 bits per heavy atom. The predicted molar refractivity (Wildman–Crippen MR) is 81.2 cm³/mol. The van der Waals surface area contributed by atoms with E-state index in [0.29, 0.717) is 5.92 Å². The van der Waals surface area contributed by atoms with Crippen molar-refractivity contribution < 1.29 is 4.42 Å². The van der Waals surface area contributed by atoms with Crippen molar-refractivity contribution in [3.05, 3.63) is 36.0 Å². The van der Waals surface area contributed by atoms with Gasteiger partial charge in [0.2, 0.25) is 0 Å². The zero-order valence-electron chi connectivity index (χ0n) is 12.5. The maximum atomic E-state index is 5.38. The van der Waals surface area contributed by atoms with Gasteiger partial charge in [-0.05, 0) is 25.0 Å². The Kier molecular flexibility index (Phi) is 4.61. The molecule has 0 saturated carbocycles. The first kappa shape index (κ1) is 14.4. The number of nitrogens with one attached hydrogen (secondary N) is 2. The Morgan fingerprint density at radius 1 is 1.20 bits per heavy atom. The van der Waals surface area contributed by atoms with Crippen LogP contribution in [0.2, 0.25) is 0 Å². The first-order valence-corrected chi connectivity index (χ1v) is 6.93.